The molecule has 0 bridgehead atoms. The minimum Gasteiger partial charge on any atom is -0.326 e. The van der Waals surface area contributed by atoms with Crippen molar-refractivity contribution in [2.75, 3.05) is 12.4 Å². The van der Waals surface area contributed by atoms with E-state index in [1.165, 1.54) is 13.2 Å². The van der Waals surface area contributed by atoms with Crippen molar-refractivity contribution in [3.63, 3.8) is 0 Å². The van der Waals surface area contributed by atoms with Gasteiger partial charge in [0.2, 0.25) is 5.91 Å². The van der Waals surface area contributed by atoms with Crippen molar-refractivity contribution in [2.45, 2.75) is 49.6 Å². The second-order valence-electron chi connectivity index (χ2n) is 8.66. The third-order valence-corrected chi connectivity index (χ3v) is 7.23. The maximum Gasteiger partial charge on any atom is 0.261 e. The molecule has 3 atom stereocenters. The van der Waals surface area contributed by atoms with Crippen LogP contribution in [0.15, 0.2) is 42.5 Å². The molecule has 2 aliphatic rings. The van der Waals surface area contributed by atoms with Crippen LogP contribution < -0.4 is 16.1 Å². The number of halogens is 3. The topological polar surface area (TPSA) is 79.5 Å². The number of benzene rings is 2. The molecule has 4 rings (SSSR count). The first-order valence-corrected chi connectivity index (χ1v) is 11.7. The molecule has 2 unspecified atom stereocenters. The molecule has 2 fully saturated rings. The first-order valence-electron chi connectivity index (χ1n) is 11.0. The van der Waals surface area contributed by atoms with Crippen molar-refractivity contribution < 1.29 is 18.8 Å². The van der Waals surface area contributed by atoms with Crippen LogP contribution in [0.4, 0.5) is 10.1 Å². The van der Waals surface area contributed by atoms with Crippen LogP contribution in [0.2, 0.25) is 10.0 Å². The van der Waals surface area contributed by atoms with Gasteiger partial charge in [0.1, 0.15) is 5.82 Å². The molecule has 3 N–H and O–H groups in total. The molecule has 9 heteroatoms. The van der Waals surface area contributed by atoms with Gasteiger partial charge in [-0.3, -0.25) is 19.7 Å². The fourth-order valence-corrected chi connectivity index (χ4v) is 5.77. The van der Waals surface area contributed by atoms with Gasteiger partial charge >= 0.3 is 0 Å². The lowest BCUT2D eigenvalue weighted by Gasteiger charge is -2.39. The molecule has 1 saturated heterocycles. The Morgan fingerprint density at radius 3 is 2.52 bits per heavy atom. The lowest BCUT2D eigenvalue weighted by atomic mass is 9.68. The number of amides is 2. The predicted octanol–water partition coefficient (Wildman–Crippen LogP) is 4.82. The Morgan fingerprint density at radius 1 is 1.09 bits per heavy atom. The van der Waals surface area contributed by atoms with Gasteiger partial charge in [-0.2, -0.15) is 0 Å². The smallest absolute Gasteiger partial charge is 0.261 e. The summed E-state index contributed by atoms with van der Waals surface area (Å²) in [5.74, 6) is -2.92. The molecule has 6 nitrogen and oxygen atoms in total. The normalized spacial score (nSPS) is 23.9. The van der Waals surface area contributed by atoms with E-state index < -0.39 is 35.1 Å². The molecular formula is C24H26Cl2FN3O3. The second-order valence-corrected chi connectivity index (χ2v) is 9.50. The van der Waals surface area contributed by atoms with E-state index in [9.17, 15) is 9.59 Å². The Labute approximate surface area is 202 Å². The third kappa shape index (κ3) is 4.73. The largest absolute Gasteiger partial charge is 0.326 e. The Bertz CT molecular complexity index is 1050. The Balaban J connectivity index is 1.81. The zero-order chi connectivity index (χ0) is 23.6. The minimum atomic E-state index is -0.883. The van der Waals surface area contributed by atoms with E-state index >= 15 is 4.39 Å². The lowest BCUT2D eigenvalue weighted by Crippen LogP contribution is -2.53. The zero-order valence-corrected chi connectivity index (χ0v) is 19.7. The second kappa shape index (κ2) is 9.97. The Morgan fingerprint density at radius 2 is 1.82 bits per heavy atom. The molecule has 176 valence electrons. The monoisotopic (exact) mass is 493 g/mol. The fraction of sp³-hybridized carbons (Fsp3) is 0.417. The summed E-state index contributed by atoms with van der Waals surface area (Å²) < 4.78 is 15.3. The average molecular weight is 494 g/mol. The van der Waals surface area contributed by atoms with E-state index in [1.807, 2.05) is 0 Å². The van der Waals surface area contributed by atoms with Crippen LogP contribution in [-0.4, -0.2) is 30.5 Å². The van der Waals surface area contributed by atoms with Gasteiger partial charge in [-0.25, -0.2) is 9.87 Å². The number of nitrogens with one attached hydrogen (secondary N) is 3. The molecule has 0 aromatic heterocycles. The summed E-state index contributed by atoms with van der Waals surface area (Å²) in [7, 11) is 1.33. The van der Waals surface area contributed by atoms with Crippen molar-refractivity contribution in [3.05, 3.63) is 63.9 Å². The average Bonchev–Trinajstić information content (AvgIpc) is 3.10. The van der Waals surface area contributed by atoms with Crippen molar-refractivity contribution in [1.29, 1.82) is 0 Å². The molecular weight excluding hydrogens is 468 g/mol. The van der Waals surface area contributed by atoms with Crippen LogP contribution in [0.1, 0.15) is 43.6 Å². The van der Waals surface area contributed by atoms with Gasteiger partial charge in [0.25, 0.3) is 5.91 Å². The highest BCUT2D eigenvalue weighted by atomic mass is 35.5. The van der Waals surface area contributed by atoms with E-state index in [0.717, 1.165) is 19.3 Å². The number of carbonyl (C=O) groups is 2. The summed E-state index contributed by atoms with van der Waals surface area (Å²) in [6, 6.07) is 10.6. The summed E-state index contributed by atoms with van der Waals surface area (Å²) in [6.45, 7) is 0. The highest BCUT2D eigenvalue weighted by Gasteiger charge is 2.59. The maximum atomic E-state index is 15.3. The van der Waals surface area contributed by atoms with E-state index in [2.05, 4.69) is 16.1 Å². The number of hydroxylamine groups is 1. The van der Waals surface area contributed by atoms with Crippen LogP contribution in [0.5, 0.6) is 0 Å². The van der Waals surface area contributed by atoms with E-state index in [0.29, 0.717) is 23.6 Å². The van der Waals surface area contributed by atoms with Crippen LogP contribution in [0, 0.1) is 11.7 Å². The summed E-state index contributed by atoms with van der Waals surface area (Å²) in [4.78, 5) is 31.7. The molecule has 0 radical (unpaired) electrons. The van der Waals surface area contributed by atoms with E-state index in [4.69, 9.17) is 28.0 Å². The highest BCUT2D eigenvalue weighted by molar-refractivity contribution is 6.31. The van der Waals surface area contributed by atoms with Gasteiger partial charge in [-0.05, 0) is 42.7 Å². The van der Waals surface area contributed by atoms with Crippen molar-refractivity contribution in [2.24, 2.45) is 5.92 Å². The maximum absolute atomic E-state index is 15.3. The Kier molecular flexibility index (Phi) is 7.24. The summed E-state index contributed by atoms with van der Waals surface area (Å²) >= 11 is 12.2. The van der Waals surface area contributed by atoms with Crippen LogP contribution in [-0.2, 0) is 14.4 Å². The number of hydrogen-bond donors (Lipinski definition) is 3. The van der Waals surface area contributed by atoms with Crippen LogP contribution >= 0.6 is 23.2 Å². The summed E-state index contributed by atoms with van der Waals surface area (Å²) in [6.07, 6.45) is 4.22. The van der Waals surface area contributed by atoms with Crippen LogP contribution in [0.25, 0.3) is 0 Å². The number of rotatable bonds is 5. The summed E-state index contributed by atoms with van der Waals surface area (Å²) in [5.41, 5.74) is 2.44. The molecule has 2 aromatic rings. The minimum absolute atomic E-state index is 0.0583. The molecule has 1 heterocycles. The Hall–Kier alpha value is -2.19. The van der Waals surface area contributed by atoms with Gasteiger partial charge in [-0.15, -0.1) is 0 Å². The molecule has 1 spiro atoms. The fourth-order valence-electron chi connectivity index (χ4n) is 5.39. The lowest BCUT2D eigenvalue weighted by molar-refractivity contribution is -0.133. The van der Waals surface area contributed by atoms with Crippen molar-refractivity contribution in [1.82, 2.24) is 10.8 Å². The summed E-state index contributed by atoms with van der Waals surface area (Å²) in [5, 5.41) is 6.79. The molecule has 1 aliphatic heterocycles. The van der Waals surface area contributed by atoms with E-state index in [1.54, 1.807) is 36.4 Å². The van der Waals surface area contributed by atoms with Crippen molar-refractivity contribution in [3.8, 4) is 0 Å². The van der Waals surface area contributed by atoms with Gasteiger partial charge < -0.3 is 5.32 Å². The molecule has 1 saturated carbocycles. The molecule has 2 aromatic carbocycles. The number of hydrogen-bond acceptors (Lipinski definition) is 4. The highest BCUT2D eigenvalue weighted by Crippen LogP contribution is 2.50. The molecule has 1 aliphatic carbocycles. The third-order valence-electron chi connectivity index (χ3n) is 6.70. The van der Waals surface area contributed by atoms with Gasteiger partial charge in [0.15, 0.2) is 0 Å². The standard InChI is InChI=1S/C24H26Cl2FN3O3/c1-33-30-23(32)21-18(16-9-6-10-17(26)20(16)27)19(24(29-21)11-3-2-4-12-24)22(31)28-15-8-5-7-14(25)13-15/h5-10,13,18-19,21,29H,2-4,11-12H2,1H3,(H,28,31)(H,30,32)/t18?,19?,21-/m1/s1. The number of carbonyl (C=O) groups excluding carboxylic acids is 2. The molecule has 33 heavy (non-hydrogen) atoms. The van der Waals surface area contributed by atoms with Crippen LogP contribution in [0.3, 0.4) is 0 Å². The van der Waals surface area contributed by atoms with Crippen molar-refractivity contribution >= 4 is 40.7 Å². The quantitative estimate of drug-likeness (QED) is 0.521. The van der Waals surface area contributed by atoms with E-state index in [-0.39, 0.29) is 16.5 Å². The SMILES string of the molecule is CONC(=O)[C@@H]1NC2(CCCCC2)C(C(=O)Nc2cccc(Cl)c2)C1c1cccc(Cl)c1F. The van der Waals surface area contributed by atoms with Gasteiger partial charge in [-0.1, -0.05) is 60.7 Å². The molecule has 2 amide bonds. The first kappa shape index (κ1) is 24.0. The van der Waals surface area contributed by atoms with Gasteiger partial charge in [0.05, 0.1) is 24.1 Å². The first-order chi connectivity index (χ1) is 15.9. The predicted molar refractivity (Wildman–Crippen MR) is 126 cm³/mol. The number of anilines is 1. The zero-order valence-electron chi connectivity index (χ0n) is 18.2. The van der Waals surface area contributed by atoms with Gasteiger partial charge in [0, 0.05) is 22.2 Å².